The van der Waals surface area contributed by atoms with E-state index in [9.17, 15) is 14.9 Å². The summed E-state index contributed by atoms with van der Waals surface area (Å²) in [6, 6.07) is 16.8. The molecule has 1 aromatic heterocycles. The number of rotatable bonds is 5. The first-order valence-electron chi connectivity index (χ1n) is 10.2. The molecule has 1 fully saturated rings. The summed E-state index contributed by atoms with van der Waals surface area (Å²) in [6.45, 7) is 4.28. The third-order valence-electron chi connectivity index (χ3n) is 5.51. The van der Waals surface area contributed by atoms with Crippen molar-refractivity contribution < 1.29 is 9.72 Å². The summed E-state index contributed by atoms with van der Waals surface area (Å²) in [5, 5.41) is 22.4. The van der Waals surface area contributed by atoms with Crippen LogP contribution in [-0.4, -0.2) is 34.1 Å². The molecule has 0 atom stereocenters. The fraction of sp³-hybridized carbons (Fsp3) is 0.261. The highest BCUT2D eigenvalue weighted by Gasteiger charge is 2.17. The number of nitrogens with one attached hydrogen (secondary N) is 1. The maximum Gasteiger partial charge on any atom is 0.269 e. The Bertz CT molecular complexity index is 1080. The molecule has 1 aliphatic heterocycles. The van der Waals surface area contributed by atoms with Crippen molar-refractivity contribution >= 4 is 23.1 Å². The number of benzene rings is 2. The molecule has 0 aliphatic carbocycles. The molecule has 8 heteroatoms. The van der Waals surface area contributed by atoms with E-state index in [4.69, 9.17) is 0 Å². The van der Waals surface area contributed by atoms with E-state index < -0.39 is 4.92 Å². The number of nitro benzene ring substituents is 1. The van der Waals surface area contributed by atoms with Crippen LogP contribution in [0.15, 0.2) is 60.7 Å². The molecule has 1 aliphatic rings. The van der Waals surface area contributed by atoms with E-state index in [2.05, 4.69) is 27.3 Å². The monoisotopic (exact) mass is 417 g/mol. The smallest absolute Gasteiger partial charge is 0.269 e. The zero-order chi connectivity index (χ0) is 21.8. The zero-order valence-electron chi connectivity index (χ0n) is 17.2. The van der Waals surface area contributed by atoms with E-state index in [1.165, 1.54) is 37.1 Å². The predicted molar refractivity (Wildman–Crippen MR) is 119 cm³/mol. The Labute approximate surface area is 180 Å². The van der Waals surface area contributed by atoms with Crippen molar-refractivity contribution in [1.82, 2.24) is 10.2 Å². The van der Waals surface area contributed by atoms with Gasteiger partial charge in [-0.05, 0) is 55.2 Å². The molecule has 2 aromatic carbocycles. The third-order valence-corrected chi connectivity index (χ3v) is 5.51. The van der Waals surface area contributed by atoms with Crippen LogP contribution >= 0.6 is 0 Å². The number of carbonyl (C=O) groups is 1. The first-order valence-corrected chi connectivity index (χ1v) is 10.2. The topological polar surface area (TPSA) is 101 Å². The molecule has 0 spiro atoms. The van der Waals surface area contributed by atoms with Crippen LogP contribution in [0, 0.1) is 16.0 Å². The Kier molecular flexibility index (Phi) is 5.88. The minimum Gasteiger partial charge on any atom is -0.355 e. The van der Waals surface area contributed by atoms with Gasteiger partial charge in [0.1, 0.15) is 0 Å². The maximum absolute atomic E-state index is 12.5. The molecule has 8 nitrogen and oxygen atoms in total. The molecule has 1 N–H and O–H groups in total. The van der Waals surface area contributed by atoms with E-state index in [0.29, 0.717) is 11.3 Å². The molecule has 0 bridgehead atoms. The standard InChI is InChI=1S/C23H23N5O3/c1-16-11-13-27(14-12-16)22-10-9-21(25-26-22)18-3-2-4-19(15-18)24-23(29)17-5-7-20(8-6-17)28(30)31/h2-10,15-16H,11-14H2,1H3,(H,24,29). The van der Waals surface area contributed by atoms with Gasteiger partial charge in [0.2, 0.25) is 0 Å². The number of aromatic nitrogens is 2. The van der Waals surface area contributed by atoms with Gasteiger partial charge >= 0.3 is 0 Å². The summed E-state index contributed by atoms with van der Waals surface area (Å²) < 4.78 is 0. The van der Waals surface area contributed by atoms with Crippen LogP contribution in [0.25, 0.3) is 11.3 Å². The van der Waals surface area contributed by atoms with Gasteiger partial charge in [0.05, 0.1) is 10.6 Å². The van der Waals surface area contributed by atoms with Crippen molar-refractivity contribution in [2.75, 3.05) is 23.3 Å². The number of piperidine rings is 1. The molecule has 1 saturated heterocycles. The number of anilines is 2. The van der Waals surface area contributed by atoms with Gasteiger partial charge in [-0.2, -0.15) is 0 Å². The van der Waals surface area contributed by atoms with Crippen molar-refractivity contribution in [3.8, 4) is 11.3 Å². The Morgan fingerprint density at radius 2 is 1.81 bits per heavy atom. The van der Waals surface area contributed by atoms with E-state index in [-0.39, 0.29) is 11.6 Å². The second kappa shape index (κ2) is 8.91. The average molecular weight is 417 g/mol. The van der Waals surface area contributed by atoms with E-state index >= 15 is 0 Å². The number of amides is 1. The van der Waals surface area contributed by atoms with E-state index in [0.717, 1.165) is 36.1 Å². The van der Waals surface area contributed by atoms with Crippen LogP contribution in [0.3, 0.4) is 0 Å². The van der Waals surface area contributed by atoms with Gasteiger partial charge in [0, 0.05) is 42.0 Å². The molecule has 0 unspecified atom stereocenters. The van der Waals surface area contributed by atoms with Crippen molar-refractivity contribution in [3.63, 3.8) is 0 Å². The summed E-state index contributed by atoms with van der Waals surface area (Å²) in [7, 11) is 0. The van der Waals surface area contributed by atoms with Crippen LogP contribution < -0.4 is 10.2 Å². The van der Waals surface area contributed by atoms with Crippen LogP contribution in [-0.2, 0) is 0 Å². The van der Waals surface area contributed by atoms with Crippen LogP contribution in [0.1, 0.15) is 30.1 Å². The molecule has 4 rings (SSSR count). The van der Waals surface area contributed by atoms with Crippen LogP contribution in [0.5, 0.6) is 0 Å². The molecule has 1 amide bonds. The van der Waals surface area contributed by atoms with Gasteiger partial charge in [-0.25, -0.2) is 0 Å². The van der Waals surface area contributed by atoms with Gasteiger partial charge in [-0.1, -0.05) is 19.1 Å². The highest BCUT2D eigenvalue weighted by Crippen LogP contribution is 2.25. The van der Waals surface area contributed by atoms with E-state index in [1.54, 1.807) is 6.07 Å². The Morgan fingerprint density at radius 3 is 2.45 bits per heavy atom. The maximum atomic E-state index is 12.5. The highest BCUT2D eigenvalue weighted by molar-refractivity contribution is 6.04. The second-order valence-electron chi connectivity index (χ2n) is 7.79. The Morgan fingerprint density at radius 1 is 1.06 bits per heavy atom. The number of carbonyl (C=O) groups excluding carboxylic acids is 1. The summed E-state index contributed by atoms with van der Waals surface area (Å²) in [5.74, 6) is 1.30. The molecular formula is C23H23N5O3. The predicted octanol–water partition coefficient (Wildman–Crippen LogP) is 4.54. The number of hydrogen-bond donors (Lipinski definition) is 1. The first kappa shape index (κ1) is 20.5. The van der Waals surface area contributed by atoms with Gasteiger partial charge < -0.3 is 10.2 Å². The zero-order valence-corrected chi connectivity index (χ0v) is 17.2. The van der Waals surface area contributed by atoms with Crippen LogP contribution in [0.2, 0.25) is 0 Å². The lowest BCUT2D eigenvalue weighted by Crippen LogP contribution is -2.33. The molecule has 0 saturated carbocycles. The summed E-state index contributed by atoms with van der Waals surface area (Å²) >= 11 is 0. The Hall–Kier alpha value is -3.81. The molecular weight excluding hydrogens is 394 g/mol. The number of non-ortho nitro benzene ring substituents is 1. The fourth-order valence-corrected chi connectivity index (χ4v) is 3.58. The Balaban J connectivity index is 1.45. The van der Waals surface area contributed by atoms with E-state index in [1.807, 2.05) is 30.3 Å². The number of nitro groups is 1. The highest BCUT2D eigenvalue weighted by atomic mass is 16.6. The lowest BCUT2D eigenvalue weighted by Gasteiger charge is -2.30. The lowest BCUT2D eigenvalue weighted by molar-refractivity contribution is -0.384. The normalized spacial score (nSPS) is 14.3. The molecule has 3 aromatic rings. The summed E-state index contributed by atoms with van der Waals surface area (Å²) in [6.07, 6.45) is 2.33. The SMILES string of the molecule is CC1CCN(c2ccc(-c3cccc(NC(=O)c4ccc([N+](=O)[O-])cc4)c3)nn2)CC1. The second-order valence-corrected chi connectivity index (χ2v) is 7.79. The van der Waals surface area contributed by atoms with Gasteiger partial charge in [0.25, 0.3) is 11.6 Å². The lowest BCUT2D eigenvalue weighted by atomic mass is 9.99. The molecule has 158 valence electrons. The number of hydrogen-bond acceptors (Lipinski definition) is 6. The third kappa shape index (κ3) is 4.85. The minimum absolute atomic E-state index is 0.0559. The van der Waals surface area contributed by atoms with Crippen molar-refractivity contribution in [1.29, 1.82) is 0 Å². The molecule has 2 heterocycles. The van der Waals surface area contributed by atoms with Crippen LogP contribution in [0.4, 0.5) is 17.2 Å². The van der Waals surface area contributed by atoms with Gasteiger partial charge in [-0.15, -0.1) is 10.2 Å². The van der Waals surface area contributed by atoms with Gasteiger partial charge in [-0.3, -0.25) is 14.9 Å². The number of nitrogens with zero attached hydrogens (tertiary/aromatic N) is 4. The average Bonchev–Trinajstić information content (AvgIpc) is 2.80. The summed E-state index contributed by atoms with van der Waals surface area (Å²) in [4.78, 5) is 25.0. The molecule has 0 radical (unpaired) electrons. The first-order chi connectivity index (χ1) is 15.0. The quantitative estimate of drug-likeness (QED) is 0.483. The summed E-state index contributed by atoms with van der Waals surface area (Å²) in [5.41, 5.74) is 2.46. The van der Waals surface area contributed by atoms with Crippen molar-refractivity contribution in [2.45, 2.75) is 19.8 Å². The molecule has 31 heavy (non-hydrogen) atoms. The fourth-order valence-electron chi connectivity index (χ4n) is 3.58. The minimum atomic E-state index is -0.497. The van der Waals surface area contributed by atoms with Gasteiger partial charge in [0.15, 0.2) is 5.82 Å². The van der Waals surface area contributed by atoms with Crippen molar-refractivity contribution in [3.05, 3.63) is 76.3 Å². The largest absolute Gasteiger partial charge is 0.355 e. The van der Waals surface area contributed by atoms with Crippen molar-refractivity contribution in [2.24, 2.45) is 5.92 Å².